The van der Waals surface area contributed by atoms with Gasteiger partial charge in [0, 0.05) is 11.8 Å². The molecule has 0 fully saturated rings. The van der Waals surface area contributed by atoms with Crippen LogP contribution in [0.4, 0.5) is 0 Å². The SMILES string of the molecule is O=C(O)c1ccn2ncc(-c3ccccc3)c2n1. The lowest BCUT2D eigenvalue weighted by atomic mass is 10.1. The van der Waals surface area contributed by atoms with E-state index in [-0.39, 0.29) is 5.69 Å². The summed E-state index contributed by atoms with van der Waals surface area (Å²) < 4.78 is 1.56. The van der Waals surface area contributed by atoms with Gasteiger partial charge < -0.3 is 5.11 Å². The van der Waals surface area contributed by atoms with Crippen LogP contribution in [-0.2, 0) is 0 Å². The van der Waals surface area contributed by atoms with Crippen molar-refractivity contribution in [3.63, 3.8) is 0 Å². The van der Waals surface area contributed by atoms with Gasteiger partial charge in [-0.1, -0.05) is 30.3 Å². The standard InChI is InChI=1S/C13H9N3O2/c17-13(18)11-6-7-16-12(15-11)10(8-14-16)9-4-2-1-3-5-9/h1-8H,(H,17,18). The van der Waals surface area contributed by atoms with Crippen LogP contribution in [0.1, 0.15) is 10.5 Å². The zero-order valence-corrected chi connectivity index (χ0v) is 9.32. The first-order valence-electron chi connectivity index (χ1n) is 5.39. The van der Waals surface area contributed by atoms with Crippen LogP contribution in [0.3, 0.4) is 0 Å². The lowest BCUT2D eigenvalue weighted by Crippen LogP contribution is -2.02. The molecule has 0 atom stereocenters. The Morgan fingerprint density at radius 1 is 1.17 bits per heavy atom. The molecule has 2 heterocycles. The Labute approximate surface area is 102 Å². The van der Waals surface area contributed by atoms with Gasteiger partial charge >= 0.3 is 5.97 Å². The number of benzene rings is 1. The largest absolute Gasteiger partial charge is 0.477 e. The highest BCUT2D eigenvalue weighted by molar-refractivity contribution is 5.87. The van der Waals surface area contributed by atoms with E-state index in [1.807, 2.05) is 30.3 Å². The van der Waals surface area contributed by atoms with Gasteiger partial charge in [-0.15, -0.1) is 0 Å². The number of rotatable bonds is 2. The van der Waals surface area contributed by atoms with Crippen molar-refractivity contribution in [3.05, 3.63) is 54.5 Å². The van der Waals surface area contributed by atoms with Gasteiger partial charge in [0.15, 0.2) is 11.3 Å². The van der Waals surface area contributed by atoms with Crippen molar-refractivity contribution >= 4 is 11.6 Å². The molecule has 3 rings (SSSR count). The molecule has 2 aromatic heterocycles. The second-order valence-corrected chi connectivity index (χ2v) is 3.81. The number of nitrogens with zero attached hydrogens (tertiary/aromatic N) is 3. The predicted molar refractivity (Wildman–Crippen MR) is 65.4 cm³/mol. The average Bonchev–Trinajstić information content (AvgIpc) is 2.82. The fourth-order valence-corrected chi connectivity index (χ4v) is 1.81. The van der Waals surface area contributed by atoms with Crippen molar-refractivity contribution in [2.45, 2.75) is 0 Å². The lowest BCUT2D eigenvalue weighted by molar-refractivity contribution is 0.0690. The molecule has 1 aromatic carbocycles. The van der Waals surface area contributed by atoms with Gasteiger partial charge in [-0.25, -0.2) is 14.3 Å². The molecule has 5 heteroatoms. The van der Waals surface area contributed by atoms with Gasteiger partial charge in [-0.2, -0.15) is 5.10 Å². The third kappa shape index (κ3) is 1.62. The van der Waals surface area contributed by atoms with E-state index in [9.17, 15) is 4.79 Å². The molecule has 1 N–H and O–H groups in total. The summed E-state index contributed by atoms with van der Waals surface area (Å²) in [6, 6.07) is 11.1. The Morgan fingerprint density at radius 3 is 2.67 bits per heavy atom. The van der Waals surface area contributed by atoms with E-state index in [4.69, 9.17) is 5.11 Å². The van der Waals surface area contributed by atoms with Crippen LogP contribution in [-0.4, -0.2) is 25.7 Å². The Kier molecular flexibility index (Phi) is 2.30. The number of carboxylic acids is 1. The van der Waals surface area contributed by atoms with Crippen molar-refractivity contribution < 1.29 is 9.90 Å². The Bertz CT molecular complexity index is 719. The van der Waals surface area contributed by atoms with Crippen molar-refractivity contribution in [2.24, 2.45) is 0 Å². The molecule has 0 amide bonds. The number of carbonyl (C=O) groups is 1. The molecule has 3 aromatic rings. The monoisotopic (exact) mass is 239 g/mol. The first kappa shape index (κ1) is 10.5. The maximum atomic E-state index is 10.9. The van der Waals surface area contributed by atoms with Crippen LogP contribution in [0.5, 0.6) is 0 Å². The first-order valence-corrected chi connectivity index (χ1v) is 5.39. The number of aromatic carboxylic acids is 1. The minimum atomic E-state index is -1.04. The van der Waals surface area contributed by atoms with Gasteiger partial charge in [-0.3, -0.25) is 0 Å². The van der Waals surface area contributed by atoms with Gasteiger partial charge in [-0.05, 0) is 11.6 Å². The number of hydrogen-bond acceptors (Lipinski definition) is 3. The van der Waals surface area contributed by atoms with E-state index < -0.39 is 5.97 Å². The maximum absolute atomic E-state index is 10.9. The Morgan fingerprint density at radius 2 is 1.94 bits per heavy atom. The van der Waals surface area contributed by atoms with E-state index >= 15 is 0 Å². The molecule has 0 spiro atoms. The topological polar surface area (TPSA) is 67.5 Å². The van der Waals surface area contributed by atoms with Crippen molar-refractivity contribution in [2.75, 3.05) is 0 Å². The van der Waals surface area contributed by atoms with Gasteiger partial charge in [0.05, 0.1) is 6.20 Å². The molecule has 0 saturated heterocycles. The second kappa shape index (κ2) is 3.96. The summed E-state index contributed by atoms with van der Waals surface area (Å²) in [6.45, 7) is 0. The van der Waals surface area contributed by atoms with E-state index in [1.165, 1.54) is 6.07 Å². The highest BCUT2D eigenvalue weighted by Gasteiger charge is 2.11. The highest BCUT2D eigenvalue weighted by atomic mass is 16.4. The van der Waals surface area contributed by atoms with E-state index in [2.05, 4.69) is 10.1 Å². The molecule has 0 radical (unpaired) electrons. The lowest BCUT2D eigenvalue weighted by Gasteiger charge is -1.99. The average molecular weight is 239 g/mol. The van der Waals surface area contributed by atoms with Crippen LogP contribution < -0.4 is 0 Å². The highest BCUT2D eigenvalue weighted by Crippen LogP contribution is 2.22. The molecule has 0 aliphatic heterocycles. The van der Waals surface area contributed by atoms with Gasteiger partial charge in [0.2, 0.25) is 0 Å². The quantitative estimate of drug-likeness (QED) is 0.743. The van der Waals surface area contributed by atoms with Crippen LogP contribution in [0.2, 0.25) is 0 Å². The fourth-order valence-electron chi connectivity index (χ4n) is 1.81. The normalized spacial score (nSPS) is 10.7. The van der Waals surface area contributed by atoms with Crippen molar-refractivity contribution in [1.29, 1.82) is 0 Å². The van der Waals surface area contributed by atoms with E-state index in [0.717, 1.165) is 11.1 Å². The molecule has 0 bridgehead atoms. The van der Waals surface area contributed by atoms with Crippen LogP contribution in [0.25, 0.3) is 16.8 Å². The molecular formula is C13H9N3O2. The first-order chi connectivity index (χ1) is 8.75. The summed E-state index contributed by atoms with van der Waals surface area (Å²) in [5.41, 5.74) is 2.34. The minimum Gasteiger partial charge on any atom is -0.477 e. The number of aromatic nitrogens is 3. The predicted octanol–water partition coefficient (Wildman–Crippen LogP) is 2.09. The number of carboxylic acid groups (broad SMARTS) is 1. The smallest absolute Gasteiger partial charge is 0.354 e. The zero-order chi connectivity index (χ0) is 12.5. The fraction of sp³-hybridized carbons (Fsp3) is 0. The van der Waals surface area contributed by atoms with Gasteiger partial charge in [0.25, 0.3) is 0 Å². The Balaban J connectivity index is 2.24. The number of fused-ring (bicyclic) bond motifs is 1. The molecule has 0 saturated carbocycles. The summed E-state index contributed by atoms with van der Waals surface area (Å²) in [4.78, 5) is 15.0. The molecule has 88 valence electrons. The second-order valence-electron chi connectivity index (χ2n) is 3.81. The summed E-state index contributed by atoms with van der Waals surface area (Å²) in [5, 5.41) is 13.1. The molecular weight excluding hydrogens is 230 g/mol. The van der Waals surface area contributed by atoms with Crippen LogP contribution in [0, 0.1) is 0 Å². The van der Waals surface area contributed by atoms with E-state index in [0.29, 0.717) is 5.65 Å². The summed E-state index contributed by atoms with van der Waals surface area (Å²) in [5.74, 6) is -1.04. The molecule has 0 aliphatic carbocycles. The number of hydrogen-bond donors (Lipinski definition) is 1. The van der Waals surface area contributed by atoms with Gasteiger partial charge in [0.1, 0.15) is 0 Å². The molecule has 0 unspecified atom stereocenters. The zero-order valence-electron chi connectivity index (χ0n) is 9.32. The minimum absolute atomic E-state index is 0.0141. The molecule has 5 nitrogen and oxygen atoms in total. The summed E-state index contributed by atoms with van der Waals surface area (Å²) in [6.07, 6.45) is 3.28. The summed E-state index contributed by atoms with van der Waals surface area (Å²) in [7, 11) is 0. The third-order valence-electron chi connectivity index (χ3n) is 2.67. The Hall–Kier alpha value is -2.69. The third-order valence-corrected chi connectivity index (χ3v) is 2.67. The van der Waals surface area contributed by atoms with Crippen LogP contribution >= 0.6 is 0 Å². The van der Waals surface area contributed by atoms with E-state index in [1.54, 1.807) is 16.9 Å². The maximum Gasteiger partial charge on any atom is 0.354 e. The molecule has 0 aliphatic rings. The molecule has 18 heavy (non-hydrogen) atoms. The van der Waals surface area contributed by atoms with Crippen LogP contribution in [0.15, 0.2) is 48.8 Å². The summed E-state index contributed by atoms with van der Waals surface area (Å²) >= 11 is 0. The van der Waals surface area contributed by atoms with Crippen molar-refractivity contribution in [1.82, 2.24) is 14.6 Å². The van der Waals surface area contributed by atoms with Crippen molar-refractivity contribution in [3.8, 4) is 11.1 Å².